The molecule has 1 aliphatic rings. The van der Waals surface area contributed by atoms with E-state index in [1.165, 1.54) is 5.57 Å². The molecule has 0 aromatic rings. The minimum Gasteiger partial charge on any atom is -0.119 e. The van der Waals surface area contributed by atoms with E-state index in [9.17, 15) is 0 Å². The summed E-state index contributed by atoms with van der Waals surface area (Å²) in [5.41, 5.74) is 1.32. The normalized spacial score (nSPS) is 24.9. The van der Waals surface area contributed by atoms with Crippen molar-refractivity contribution in [1.29, 1.82) is 0 Å². The Morgan fingerprint density at radius 1 is 1.78 bits per heavy atom. The molecule has 0 aromatic heterocycles. The zero-order valence-electron chi connectivity index (χ0n) is 5.59. The summed E-state index contributed by atoms with van der Waals surface area (Å²) >= 11 is 0. The van der Waals surface area contributed by atoms with Gasteiger partial charge in [-0.2, -0.15) is 0 Å². The maximum absolute atomic E-state index is 5.22. The Balaban J connectivity index is 2.61. The summed E-state index contributed by atoms with van der Waals surface area (Å²) in [6.45, 7) is 2.09. The van der Waals surface area contributed by atoms with Gasteiger partial charge >= 0.3 is 0 Å². The molecule has 0 fully saturated rings. The SMILES string of the molecule is C#CC1C=CC(C)=CC1. The summed E-state index contributed by atoms with van der Waals surface area (Å²) in [6.07, 6.45) is 12.6. The molecule has 0 aliphatic heterocycles. The Hall–Kier alpha value is -0.960. The van der Waals surface area contributed by atoms with Crippen molar-refractivity contribution in [1.82, 2.24) is 0 Å². The fraction of sp³-hybridized carbons (Fsp3) is 0.333. The van der Waals surface area contributed by atoms with Crippen LogP contribution in [-0.4, -0.2) is 0 Å². The van der Waals surface area contributed by atoms with Crippen LogP contribution in [-0.2, 0) is 0 Å². The molecule has 0 heteroatoms. The third-order valence-corrected chi connectivity index (χ3v) is 1.50. The van der Waals surface area contributed by atoms with Gasteiger partial charge in [-0.25, -0.2) is 0 Å². The van der Waals surface area contributed by atoms with Gasteiger partial charge in [-0.3, -0.25) is 0 Å². The first-order valence-corrected chi connectivity index (χ1v) is 3.14. The van der Waals surface area contributed by atoms with E-state index in [4.69, 9.17) is 6.42 Å². The van der Waals surface area contributed by atoms with Crippen molar-refractivity contribution in [3.63, 3.8) is 0 Å². The first kappa shape index (κ1) is 6.16. The second-order valence-corrected chi connectivity index (χ2v) is 2.32. The molecule has 0 amide bonds. The van der Waals surface area contributed by atoms with Gasteiger partial charge in [-0.1, -0.05) is 29.7 Å². The van der Waals surface area contributed by atoms with E-state index in [0.717, 1.165) is 6.42 Å². The number of allylic oxidation sites excluding steroid dienone is 4. The fourth-order valence-corrected chi connectivity index (χ4v) is 0.851. The van der Waals surface area contributed by atoms with E-state index >= 15 is 0 Å². The van der Waals surface area contributed by atoms with Crippen molar-refractivity contribution in [2.24, 2.45) is 5.92 Å². The second kappa shape index (κ2) is 2.55. The van der Waals surface area contributed by atoms with Crippen molar-refractivity contribution < 1.29 is 0 Å². The quantitative estimate of drug-likeness (QED) is 0.427. The van der Waals surface area contributed by atoms with Crippen molar-refractivity contribution in [3.05, 3.63) is 23.8 Å². The highest BCUT2D eigenvalue weighted by Crippen LogP contribution is 2.14. The molecule has 1 aliphatic carbocycles. The first-order chi connectivity index (χ1) is 4.33. The molecule has 0 aromatic carbocycles. The average molecular weight is 118 g/mol. The third kappa shape index (κ3) is 1.47. The van der Waals surface area contributed by atoms with E-state index in [1.807, 2.05) is 0 Å². The molecule has 46 valence electrons. The number of hydrogen-bond acceptors (Lipinski definition) is 0. The highest BCUT2D eigenvalue weighted by atomic mass is 14.0. The summed E-state index contributed by atoms with van der Waals surface area (Å²) in [6, 6.07) is 0. The lowest BCUT2D eigenvalue weighted by Crippen LogP contribution is -1.93. The van der Waals surface area contributed by atoms with Crippen LogP contribution in [0.4, 0.5) is 0 Å². The maximum Gasteiger partial charge on any atom is 0.0417 e. The third-order valence-electron chi connectivity index (χ3n) is 1.50. The van der Waals surface area contributed by atoms with E-state index in [2.05, 4.69) is 31.1 Å². The zero-order chi connectivity index (χ0) is 6.69. The van der Waals surface area contributed by atoms with E-state index in [0.29, 0.717) is 5.92 Å². The molecular formula is C9H10. The highest BCUT2D eigenvalue weighted by Gasteiger charge is 2.00. The lowest BCUT2D eigenvalue weighted by Gasteiger charge is -2.06. The standard InChI is InChI=1S/C9H10/c1-3-9-6-4-8(2)5-7-9/h1,4-6,9H,7H2,2H3. The van der Waals surface area contributed by atoms with Gasteiger partial charge < -0.3 is 0 Å². The maximum atomic E-state index is 5.22. The predicted molar refractivity (Wildman–Crippen MR) is 39.8 cm³/mol. The van der Waals surface area contributed by atoms with Gasteiger partial charge in [0.1, 0.15) is 0 Å². The van der Waals surface area contributed by atoms with Gasteiger partial charge in [0.2, 0.25) is 0 Å². The largest absolute Gasteiger partial charge is 0.119 e. The first-order valence-electron chi connectivity index (χ1n) is 3.14. The van der Waals surface area contributed by atoms with Gasteiger partial charge in [-0.15, -0.1) is 6.42 Å². The molecule has 0 saturated heterocycles. The summed E-state index contributed by atoms with van der Waals surface area (Å²) in [5.74, 6) is 3.03. The Labute approximate surface area is 56.3 Å². The van der Waals surface area contributed by atoms with Crippen LogP contribution < -0.4 is 0 Å². The van der Waals surface area contributed by atoms with Crippen LogP contribution in [0.5, 0.6) is 0 Å². The van der Waals surface area contributed by atoms with E-state index in [1.54, 1.807) is 0 Å². The molecule has 0 saturated carbocycles. The molecule has 9 heavy (non-hydrogen) atoms. The molecule has 0 bridgehead atoms. The summed E-state index contributed by atoms with van der Waals surface area (Å²) in [4.78, 5) is 0. The van der Waals surface area contributed by atoms with Crippen LogP contribution in [0.3, 0.4) is 0 Å². The summed E-state index contributed by atoms with van der Waals surface area (Å²) in [5, 5.41) is 0. The molecule has 0 heterocycles. The summed E-state index contributed by atoms with van der Waals surface area (Å²) < 4.78 is 0. The second-order valence-electron chi connectivity index (χ2n) is 2.32. The lowest BCUT2D eigenvalue weighted by atomic mass is 9.98. The topological polar surface area (TPSA) is 0 Å². The number of rotatable bonds is 0. The fourth-order valence-electron chi connectivity index (χ4n) is 0.851. The van der Waals surface area contributed by atoms with Crippen LogP contribution in [0, 0.1) is 18.3 Å². The van der Waals surface area contributed by atoms with Crippen LogP contribution >= 0.6 is 0 Å². The monoisotopic (exact) mass is 118 g/mol. The van der Waals surface area contributed by atoms with Crippen LogP contribution in [0.2, 0.25) is 0 Å². The molecule has 0 spiro atoms. The molecule has 0 nitrogen and oxygen atoms in total. The smallest absolute Gasteiger partial charge is 0.0417 e. The van der Waals surface area contributed by atoms with Crippen LogP contribution in [0.15, 0.2) is 23.8 Å². The Kier molecular flexibility index (Phi) is 1.75. The Morgan fingerprint density at radius 2 is 2.56 bits per heavy atom. The predicted octanol–water partition coefficient (Wildman–Crippen LogP) is 2.14. The molecule has 1 atom stereocenters. The molecule has 1 unspecified atom stereocenters. The van der Waals surface area contributed by atoms with Gasteiger partial charge in [0.05, 0.1) is 0 Å². The molecule has 1 rings (SSSR count). The van der Waals surface area contributed by atoms with Gasteiger partial charge in [0.15, 0.2) is 0 Å². The minimum absolute atomic E-state index is 0.341. The molecule has 0 radical (unpaired) electrons. The van der Waals surface area contributed by atoms with Crippen LogP contribution in [0.1, 0.15) is 13.3 Å². The zero-order valence-corrected chi connectivity index (χ0v) is 5.59. The average Bonchev–Trinajstić information content (AvgIpc) is 1.90. The van der Waals surface area contributed by atoms with Crippen molar-refractivity contribution in [2.75, 3.05) is 0 Å². The van der Waals surface area contributed by atoms with E-state index in [-0.39, 0.29) is 0 Å². The Morgan fingerprint density at radius 3 is 3.00 bits per heavy atom. The van der Waals surface area contributed by atoms with Crippen molar-refractivity contribution in [3.8, 4) is 12.3 Å². The van der Waals surface area contributed by atoms with Crippen LogP contribution in [0.25, 0.3) is 0 Å². The lowest BCUT2D eigenvalue weighted by molar-refractivity contribution is 0.844. The Bertz CT molecular complexity index is 189. The number of hydrogen-bond donors (Lipinski definition) is 0. The van der Waals surface area contributed by atoms with Gasteiger partial charge in [0, 0.05) is 5.92 Å². The summed E-state index contributed by atoms with van der Waals surface area (Å²) in [7, 11) is 0. The highest BCUT2D eigenvalue weighted by molar-refractivity contribution is 5.25. The van der Waals surface area contributed by atoms with E-state index < -0.39 is 0 Å². The molecule has 0 N–H and O–H groups in total. The molecular weight excluding hydrogens is 108 g/mol. The van der Waals surface area contributed by atoms with Crippen molar-refractivity contribution in [2.45, 2.75) is 13.3 Å². The van der Waals surface area contributed by atoms with Crippen molar-refractivity contribution >= 4 is 0 Å². The minimum atomic E-state index is 0.341. The van der Waals surface area contributed by atoms with Gasteiger partial charge in [0.25, 0.3) is 0 Å². The van der Waals surface area contributed by atoms with Gasteiger partial charge in [-0.05, 0) is 13.3 Å². The number of terminal acetylenes is 1.